The molecule has 4 rings (SSSR count). The Morgan fingerprint density at radius 3 is 2.88 bits per heavy atom. The molecular formula is C25H28ClN3O4. The summed E-state index contributed by atoms with van der Waals surface area (Å²) in [6.07, 6.45) is 2.56. The highest BCUT2D eigenvalue weighted by Crippen LogP contribution is 2.35. The van der Waals surface area contributed by atoms with Crippen LogP contribution < -0.4 is 10.1 Å². The van der Waals surface area contributed by atoms with E-state index in [1.54, 1.807) is 6.07 Å². The van der Waals surface area contributed by atoms with Crippen molar-refractivity contribution in [2.75, 3.05) is 6.54 Å². The number of aliphatic carboxylic acids is 1. The highest BCUT2D eigenvalue weighted by molar-refractivity contribution is 6.32. The topological polar surface area (TPSA) is 97.5 Å². The summed E-state index contributed by atoms with van der Waals surface area (Å²) in [5, 5.41) is 17.2. The Labute approximate surface area is 198 Å². The van der Waals surface area contributed by atoms with Crippen molar-refractivity contribution in [3.63, 3.8) is 0 Å². The quantitative estimate of drug-likeness (QED) is 0.443. The lowest BCUT2D eigenvalue weighted by Crippen LogP contribution is -2.30. The normalized spacial score (nSPS) is 15.5. The molecule has 1 aromatic heterocycles. The van der Waals surface area contributed by atoms with Gasteiger partial charge in [0.25, 0.3) is 5.89 Å². The zero-order valence-electron chi connectivity index (χ0n) is 19.0. The Morgan fingerprint density at radius 2 is 2.15 bits per heavy atom. The summed E-state index contributed by atoms with van der Waals surface area (Å²) >= 11 is 6.37. The van der Waals surface area contributed by atoms with E-state index in [9.17, 15) is 4.79 Å². The van der Waals surface area contributed by atoms with E-state index in [2.05, 4.69) is 28.4 Å². The van der Waals surface area contributed by atoms with Gasteiger partial charge in [-0.2, -0.15) is 4.98 Å². The lowest BCUT2D eigenvalue weighted by Gasteiger charge is -2.29. The third-order valence-electron chi connectivity index (χ3n) is 5.87. The van der Waals surface area contributed by atoms with Gasteiger partial charge in [-0.1, -0.05) is 28.9 Å². The van der Waals surface area contributed by atoms with Gasteiger partial charge in [0.15, 0.2) is 0 Å². The summed E-state index contributed by atoms with van der Waals surface area (Å²) in [7, 11) is 0. The molecule has 8 heteroatoms. The van der Waals surface area contributed by atoms with Crippen molar-refractivity contribution in [1.82, 2.24) is 15.5 Å². The van der Waals surface area contributed by atoms with E-state index in [1.165, 1.54) is 11.1 Å². The maximum Gasteiger partial charge on any atom is 0.303 e. The standard InChI is InChI=1S/C25H28ClN3O4/c1-14(2)32-22-10-7-16(13-20(22)26)25-28-24(29-33-25)18-8-9-19-17(15(18)3)11-12-27-21(19)5-4-6-23(30)31/h7-10,13-14,21,27H,4-6,11-12H2,1-3H3,(H,30,31). The van der Waals surface area contributed by atoms with E-state index in [0.717, 1.165) is 36.1 Å². The minimum atomic E-state index is -0.756. The van der Waals surface area contributed by atoms with E-state index in [0.29, 0.717) is 28.9 Å². The second kappa shape index (κ2) is 9.93. The molecule has 3 aromatic rings. The first-order valence-electron chi connectivity index (χ1n) is 11.2. The van der Waals surface area contributed by atoms with Gasteiger partial charge in [0.05, 0.1) is 11.1 Å². The van der Waals surface area contributed by atoms with E-state index >= 15 is 0 Å². The lowest BCUT2D eigenvalue weighted by molar-refractivity contribution is -0.137. The maximum absolute atomic E-state index is 10.9. The van der Waals surface area contributed by atoms with Crippen LogP contribution in [-0.2, 0) is 11.2 Å². The highest BCUT2D eigenvalue weighted by Gasteiger charge is 2.24. The van der Waals surface area contributed by atoms with Gasteiger partial charge in [0.1, 0.15) is 5.75 Å². The van der Waals surface area contributed by atoms with E-state index in [-0.39, 0.29) is 18.6 Å². The molecule has 0 aliphatic carbocycles. The van der Waals surface area contributed by atoms with Crippen molar-refractivity contribution in [2.24, 2.45) is 0 Å². The molecular weight excluding hydrogens is 442 g/mol. The number of aromatic nitrogens is 2. The van der Waals surface area contributed by atoms with Crippen molar-refractivity contribution in [3.05, 3.63) is 52.0 Å². The van der Waals surface area contributed by atoms with Crippen LogP contribution in [0.5, 0.6) is 5.75 Å². The van der Waals surface area contributed by atoms with Gasteiger partial charge in [-0.25, -0.2) is 0 Å². The van der Waals surface area contributed by atoms with Crippen molar-refractivity contribution < 1.29 is 19.2 Å². The maximum atomic E-state index is 10.9. The van der Waals surface area contributed by atoms with Crippen LogP contribution in [0.2, 0.25) is 5.02 Å². The molecule has 1 atom stereocenters. The van der Waals surface area contributed by atoms with Crippen molar-refractivity contribution in [2.45, 2.75) is 58.6 Å². The predicted molar refractivity (Wildman–Crippen MR) is 127 cm³/mol. The van der Waals surface area contributed by atoms with Crippen molar-refractivity contribution in [3.8, 4) is 28.6 Å². The minimum Gasteiger partial charge on any atom is -0.489 e. The molecule has 33 heavy (non-hydrogen) atoms. The highest BCUT2D eigenvalue weighted by atomic mass is 35.5. The van der Waals surface area contributed by atoms with Crippen LogP contribution in [0.25, 0.3) is 22.8 Å². The average molecular weight is 470 g/mol. The summed E-state index contributed by atoms with van der Waals surface area (Å²) < 4.78 is 11.2. The summed E-state index contributed by atoms with van der Waals surface area (Å²) in [6.45, 7) is 6.84. The zero-order chi connectivity index (χ0) is 23.5. The third-order valence-corrected chi connectivity index (χ3v) is 6.16. The van der Waals surface area contributed by atoms with Crippen molar-refractivity contribution in [1.29, 1.82) is 0 Å². The first-order chi connectivity index (χ1) is 15.8. The largest absolute Gasteiger partial charge is 0.489 e. The van der Waals surface area contributed by atoms with Gasteiger partial charge < -0.3 is 19.7 Å². The van der Waals surface area contributed by atoms with Crippen LogP contribution in [0.15, 0.2) is 34.9 Å². The number of rotatable bonds is 8. The zero-order valence-corrected chi connectivity index (χ0v) is 19.8. The molecule has 0 saturated heterocycles. The molecule has 2 heterocycles. The summed E-state index contributed by atoms with van der Waals surface area (Å²) in [5.41, 5.74) is 5.29. The molecule has 1 aliphatic rings. The van der Waals surface area contributed by atoms with Gasteiger partial charge in [-0.05, 0) is 81.5 Å². The molecule has 1 unspecified atom stereocenters. The van der Waals surface area contributed by atoms with Crippen molar-refractivity contribution >= 4 is 17.6 Å². The predicted octanol–water partition coefficient (Wildman–Crippen LogP) is 5.59. The third kappa shape index (κ3) is 5.20. The molecule has 2 N–H and O–H groups in total. The number of nitrogens with one attached hydrogen (secondary N) is 1. The molecule has 174 valence electrons. The number of carbonyl (C=O) groups is 1. The summed E-state index contributed by atoms with van der Waals surface area (Å²) in [6, 6.07) is 9.71. The van der Waals surface area contributed by atoms with Crippen LogP contribution >= 0.6 is 11.6 Å². The summed E-state index contributed by atoms with van der Waals surface area (Å²) in [4.78, 5) is 15.5. The Balaban J connectivity index is 1.57. The molecule has 0 fully saturated rings. The number of nitrogens with zero attached hydrogens (tertiary/aromatic N) is 2. The van der Waals surface area contributed by atoms with Crippen LogP contribution in [0, 0.1) is 6.92 Å². The first-order valence-corrected chi connectivity index (χ1v) is 11.6. The fourth-order valence-electron chi connectivity index (χ4n) is 4.31. The number of benzene rings is 2. The molecule has 7 nitrogen and oxygen atoms in total. The Bertz CT molecular complexity index is 1160. The van der Waals surface area contributed by atoms with Crippen LogP contribution in [-0.4, -0.2) is 33.9 Å². The van der Waals surface area contributed by atoms with Crippen LogP contribution in [0.1, 0.15) is 55.8 Å². The number of halogens is 1. The fourth-order valence-corrected chi connectivity index (χ4v) is 4.53. The molecule has 2 aromatic carbocycles. The number of fused-ring (bicyclic) bond motifs is 1. The van der Waals surface area contributed by atoms with Gasteiger partial charge in [0.2, 0.25) is 5.82 Å². The summed E-state index contributed by atoms with van der Waals surface area (Å²) in [5.74, 6) is 0.791. The van der Waals surface area contributed by atoms with Gasteiger partial charge in [0, 0.05) is 23.6 Å². The molecule has 0 spiro atoms. The fraction of sp³-hybridized carbons (Fsp3) is 0.400. The molecule has 0 radical (unpaired) electrons. The molecule has 0 amide bonds. The van der Waals surface area contributed by atoms with E-state index < -0.39 is 5.97 Å². The van der Waals surface area contributed by atoms with Gasteiger partial charge >= 0.3 is 5.97 Å². The second-order valence-corrected chi connectivity index (χ2v) is 8.99. The van der Waals surface area contributed by atoms with E-state index in [1.807, 2.05) is 32.0 Å². The van der Waals surface area contributed by atoms with Gasteiger partial charge in [-0.3, -0.25) is 4.79 Å². The number of carboxylic acids is 1. The van der Waals surface area contributed by atoms with Gasteiger partial charge in [-0.15, -0.1) is 0 Å². The smallest absolute Gasteiger partial charge is 0.303 e. The molecule has 1 aliphatic heterocycles. The first kappa shape index (κ1) is 23.3. The average Bonchev–Trinajstić information content (AvgIpc) is 3.25. The SMILES string of the molecule is Cc1c(-c2noc(-c3ccc(OC(C)C)c(Cl)c3)n2)ccc2c1CCNC2CCCC(=O)O. The van der Waals surface area contributed by atoms with Crippen LogP contribution in [0.3, 0.4) is 0 Å². The minimum absolute atomic E-state index is 0.0299. The number of ether oxygens (including phenoxy) is 1. The number of hydrogen-bond donors (Lipinski definition) is 2. The molecule has 0 bridgehead atoms. The number of hydrogen-bond acceptors (Lipinski definition) is 6. The Morgan fingerprint density at radius 1 is 1.33 bits per heavy atom. The second-order valence-electron chi connectivity index (χ2n) is 8.58. The Kier molecular flexibility index (Phi) is 7.00. The Hall–Kier alpha value is -2.90. The monoisotopic (exact) mass is 469 g/mol. The van der Waals surface area contributed by atoms with E-state index in [4.69, 9.17) is 26.0 Å². The molecule has 0 saturated carbocycles. The van der Waals surface area contributed by atoms with Crippen LogP contribution in [0.4, 0.5) is 0 Å². The number of carboxylic acid groups (broad SMARTS) is 1. The lowest BCUT2D eigenvalue weighted by atomic mass is 9.86.